The summed E-state index contributed by atoms with van der Waals surface area (Å²) < 4.78 is 0. The van der Waals surface area contributed by atoms with Crippen LogP contribution in [0.4, 0.5) is 51.2 Å². The Labute approximate surface area is 371 Å². The van der Waals surface area contributed by atoms with Gasteiger partial charge in [-0.2, -0.15) is 0 Å². The van der Waals surface area contributed by atoms with Gasteiger partial charge in [0.05, 0.1) is 30.8 Å². The monoisotopic (exact) mass is 825 g/mol. The summed E-state index contributed by atoms with van der Waals surface area (Å²) in [7, 11) is -1.50. The molecule has 1 heterocycles. The molecule has 0 saturated carbocycles. The molecule has 0 aliphatic carbocycles. The Morgan fingerprint density at radius 3 is 1.63 bits per heavy atom. The van der Waals surface area contributed by atoms with Crippen molar-refractivity contribution in [1.82, 2.24) is 0 Å². The molecule has 1 aliphatic heterocycles. The van der Waals surface area contributed by atoms with Crippen molar-refractivity contribution in [2.75, 3.05) is 14.7 Å². The molecule has 3 nitrogen and oxygen atoms in total. The molecule has 4 heteroatoms. The van der Waals surface area contributed by atoms with Crippen LogP contribution in [0.25, 0.3) is 43.8 Å². The van der Waals surface area contributed by atoms with E-state index in [1.165, 1.54) is 49.0 Å². The average Bonchev–Trinajstić information content (AvgIpc) is 3.33. The van der Waals surface area contributed by atoms with E-state index >= 15 is 0 Å². The lowest BCUT2D eigenvalue weighted by atomic mass is 9.88. The van der Waals surface area contributed by atoms with Crippen molar-refractivity contribution in [1.29, 1.82) is 0 Å². The van der Waals surface area contributed by atoms with E-state index in [0.29, 0.717) is 0 Å². The van der Waals surface area contributed by atoms with Crippen molar-refractivity contribution in [2.24, 2.45) is 0 Å². The standard InChI is InChI=1S/C59H47N3Si/c1-63(2,3)50-35-32-47(33-36-50)60(45-22-9-5-10-23-45)49-34-37-52-53-38-39-56(61(46-24-11-6-12-25-46)48-31-30-42-18-13-14-21-44(42)40-48)54-27-17-29-57(59(53)54)62(58(52)41-49)55-28-16-15-26-51(55)43-19-7-4-8-20-43/h4-41H,1-3H3. The molecule has 0 spiro atoms. The normalized spacial score (nSPS) is 12.0. The van der Waals surface area contributed by atoms with Crippen molar-refractivity contribution in [2.45, 2.75) is 19.6 Å². The van der Waals surface area contributed by atoms with Crippen molar-refractivity contribution in [3.63, 3.8) is 0 Å². The van der Waals surface area contributed by atoms with Crippen LogP contribution in [-0.4, -0.2) is 8.07 Å². The highest BCUT2D eigenvalue weighted by molar-refractivity contribution is 6.88. The van der Waals surface area contributed by atoms with E-state index in [2.05, 4.69) is 265 Å². The minimum atomic E-state index is -1.50. The highest BCUT2D eigenvalue weighted by atomic mass is 28.3. The number of anilines is 9. The van der Waals surface area contributed by atoms with Crippen LogP contribution >= 0.6 is 0 Å². The van der Waals surface area contributed by atoms with Crippen LogP contribution < -0.4 is 19.9 Å². The molecular weight excluding hydrogens is 779 g/mol. The lowest BCUT2D eigenvalue weighted by Crippen LogP contribution is -2.37. The maximum Gasteiger partial charge on any atom is 0.0775 e. The Morgan fingerprint density at radius 1 is 0.349 bits per heavy atom. The topological polar surface area (TPSA) is 9.72 Å². The van der Waals surface area contributed by atoms with Gasteiger partial charge in [-0.15, -0.1) is 0 Å². The van der Waals surface area contributed by atoms with Gasteiger partial charge < -0.3 is 14.7 Å². The summed E-state index contributed by atoms with van der Waals surface area (Å²) in [6, 6.07) is 84.4. The van der Waals surface area contributed by atoms with Gasteiger partial charge in [0.25, 0.3) is 0 Å². The van der Waals surface area contributed by atoms with Gasteiger partial charge in [-0.05, 0) is 101 Å². The molecule has 0 bridgehead atoms. The maximum atomic E-state index is 2.51. The van der Waals surface area contributed by atoms with Gasteiger partial charge in [0.15, 0.2) is 0 Å². The van der Waals surface area contributed by atoms with Gasteiger partial charge >= 0.3 is 0 Å². The summed E-state index contributed by atoms with van der Waals surface area (Å²) in [6.07, 6.45) is 0. The van der Waals surface area contributed by atoms with E-state index in [9.17, 15) is 0 Å². The second kappa shape index (κ2) is 15.7. The predicted molar refractivity (Wildman–Crippen MR) is 273 cm³/mol. The molecule has 1 aliphatic rings. The van der Waals surface area contributed by atoms with Crippen LogP contribution in [-0.2, 0) is 0 Å². The van der Waals surface area contributed by atoms with Crippen LogP contribution in [0.1, 0.15) is 0 Å². The fourth-order valence-corrected chi connectivity index (χ4v) is 10.6. The fourth-order valence-electron chi connectivity index (χ4n) is 9.42. The third-order valence-electron chi connectivity index (χ3n) is 12.5. The molecule has 302 valence electrons. The zero-order valence-electron chi connectivity index (χ0n) is 35.8. The van der Waals surface area contributed by atoms with Crippen LogP contribution in [0.2, 0.25) is 19.6 Å². The Balaban J connectivity index is 1.16. The third kappa shape index (κ3) is 6.86. The Kier molecular flexibility index (Phi) is 9.52. The first-order chi connectivity index (χ1) is 30.9. The molecule has 0 aromatic heterocycles. The highest BCUT2D eigenvalue weighted by Crippen LogP contribution is 2.56. The zero-order valence-corrected chi connectivity index (χ0v) is 36.8. The number of para-hydroxylation sites is 3. The van der Waals surface area contributed by atoms with E-state index < -0.39 is 8.07 Å². The number of rotatable bonds is 9. The second-order valence-corrected chi connectivity index (χ2v) is 22.5. The summed E-state index contributed by atoms with van der Waals surface area (Å²) in [5.74, 6) is 0. The van der Waals surface area contributed by atoms with E-state index in [1.807, 2.05) is 0 Å². The van der Waals surface area contributed by atoms with Crippen molar-refractivity contribution < 1.29 is 0 Å². The molecule has 0 atom stereocenters. The quantitative estimate of drug-likeness (QED) is 0.134. The predicted octanol–water partition coefficient (Wildman–Crippen LogP) is 16.6. The Morgan fingerprint density at radius 2 is 0.905 bits per heavy atom. The molecule has 10 aromatic carbocycles. The van der Waals surface area contributed by atoms with Crippen molar-refractivity contribution >= 4 is 86.0 Å². The molecule has 11 rings (SSSR count). The van der Waals surface area contributed by atoms with E-state index in [4.69, 9.17) is 0 Å². The summed E-state index contributed by atoms with van der Waals surface area (Å²) in [5.41, 5.74) is 14.9. The maximum absolute atomic E-state index is 2.51. The SMILES string of the molecule is C[Si](C)(C)c1ccc(N(c2ccccc2)c2ccc3c(c2)N(c2ccccc2-c2ccccc2)c2cccc4c(N(c5ccccc5)c5ccc6ccccc6c5)ccc-3c24)cc1. The summed E-state index contributed by atoms with van der Waals surface area (Å²) in [4.78, 5) is 7.33. The first kappa shape index (κ1) is 38.3. The zero-order chi connectivity index (χ0) is 42.5. The Bertz CT molecular complexity index is 3270. The van der Waals surface area contributed by atoms with Crippen LogP contribution in [0.3, 0.4) is 0 Å². The largest absolute Gasteiger partial charge is 0.310 e. The van der Waals surface area contributed by atoms with E-state index in [0.717, 1.165) is 51.2 Å². The van der Waals surface area contributed by atoms with E-state index in [1.54, 1.807) is 0 Å². The third-order valence-corrected chi connectivity index (χ3v) is 14.6. The molecular formula is C59H47N3Si. The smallest absolute Gasteiger partial charge is 0.0775 e. The Hall–Kier alpha value is -7.66. The molecule has 0 saturated heterocycles. The molecule has 10 aromatic rings. The lowest BCUT2D eigenvalue weighted by molar-refractivity contribution is 1.25. The van der Waals surface area contributed by atoms with Crippen LogP contribution in [0.15, 0.2) is 231 Å². The van der Waals surface area contributed by atoms with Crippen molar-refractivity contribution in [3.8, 4) is 22.3 Å². The highest BCUT2D eigenvalue weighted by Gasteiger charge is 2.31. The summed E-state index contributed by atoms with van der Waals surface area (Å²) >= 11 is 0. The number of nitrogens with zero attached hydrogens (tertiary/aromatic N) is 3. The minimum Gasteiger partial charge on any atom is -0.310 e. The average molecular weight is 826 g/mol. The van der Waals surface area contributed by atoms with Gasteiger partial charge in [0, 0.05) is 50.3 Å². The first-order valence-electron chi connectivity index (χ1n) is 21.9. The second-order valence-electron chi connectivity index (χ2n) is 17.4. The molecule has 0 N–H and O–H groups in total. The van der Waals surface area contributed by atoms with Gasteiger partial charge in [0.2, 0.25) is 0 Å². The minimum absolute atomic E-state index is 1.10. The molecule has 0 fully saturated rings. The molecule has 0 unspecified atom stereocenters. The molecule has 0 amide bonds. The number of fused-ring (bicyclic) bond motifs is 3. The van der Waals surface area contributed by atoms with Crippen LogP contribution in [0.5, 0.6) is 0 Å². The van der Waals surface area contributed by atoms with Crippen LogP contribution in [0, 0.1) is 0 Å². The number of benzene rings is 10. The van der Waals surface area contributed by atoms with Gasteiger partial charge in [-0.1, -0.05) is 176 Å². The van der Waals surface area contributed by atoms with Crippen molar-refractivity contribution in [3.05, 3.63) is 231 Å². The van der Waals surface area contributed by atoms with Gasteiger partial charge in [-0.25, -0.2) is 0 Å². The van der Waals surface area contributed by atoms with Gasteiger partial charge in [0.1, 0.15) is 0 Å². The number of hydrogen-bond donors (Lipinski definition) is 0. The molecule has 0 radical (unpaired) electrons. The van der Waals surface area contributed by atoms with Gasteiger partial charge in [-0.3, -0.25) is 0 Å². The lowest BCUT2D eigenvalue weighted by Gasteiger charge is -2.37. The van der Waals surface area contributed by atoms with E-state index in [-0.39, 0.29) is 0 Å². The first-order valence-corrected chi connectivity index (χ1v) is 25.4. The molecule has 63 heavy (non-hydrogen) atoms. The number of hydrogen-bond acceptors (Lipinski definition) is 3. The summed E-state index contributed by atoms with van der Waals surface area (Å²) in [6.45, 7) is 7.23. The fraction of sp³-hybridized carbons (Fsp3) is 0.0508. The summed E-state index contributed by atoms with van der Waals surface area (Å²) in [5, 5.41) is 6.30.